The first kappa shape index (κ1) is 20.8. The van der Waals surface area contributed by atoms with Gasteiger partial charge in [0.2, 0.25) is 0 Å². The predicted octanol–water partition coefficient (Wildman–Crippen LogP) is 2.13. The number of ether oxygens (including phenoxy) is 1. The summed E-state index contributed by atoms with van der Waals surface area (Å²) in [6.07, 6.45) is 0.0913. The lowest BCUT2D eigenvalue weighted by Crippen LogP contribution is -2.46. The number of hydrogen-bond acceptors (Lipinski definition) is 8. The topological polar surface area (TPSA) is 125 Å². The molecule has 3 aromatic rings. The monoisotopic (exact) mass is 421 g/mol. The Morgan fingerprint density at radius 3 is 2.65 bits per heavy atom. The van der Waals surface area contributed by atoms with E-state index in [0.29, 0.717) is 35.4 Å². The van der Waals surface area contributed by atoms with Crippen LogP contribution in [0.2, 0.25) is 0 Å². The average molecular weight is 421 g/mol. The van der Waals surface area contributed by atoms with Crippen LogP contribution in [0.25, 0.3) is 11.1 Å². The van der Waals surface area contributed by atoms with Crippen LogP contribution in [0.5, 0.6) is 0 Å². The number of aliphatic hydroxyl groups excluding tert-OH is 1. The zero-order chi connectivity index (χ0) is 22.0. The number of fused-ring (bicyclic) bond motifs is 1. The van der Waals surface area contributed by atoms with Crippen molar-refractivity contribution in [1.29, 1.82) is 5.26 Å². The number of pyridine rings is 1. The fraction of sp³-hybridized carbons (Fsp3) is 0.364. The number of carbonyl (C=O) groups excluding carboxylic acids is 1. The Bertz CT molecular complexity index is 1130. The molecule has 160 valence electrons. The van der Waals surface area contributed by atoms with E-state index in [4.69, 9.17) is 14.5 Å². The molecule has 1 saturated heterocycles. The maximum Gasteiger partial charge on any atom is 0.276 e. The van der Waals surface area contributed by atoms with Gasteiger partial charge in [-0.05, 0) is 31.5 Å². The van der Waals surface area contributed by atoms with Gasteiger partial charge in [0.15, 0.2) is 11.3 Å². The fourth-order valence-electron chi connectivity index (χ4n) is 3.78. The third kappa shape index (κ3) is 4.35. The Morgan fingerprint density at radius 1 is 1.29 bits per heavy atom. The molecular formula is C22H23N5O4. The number of nitrogens with one attached hydrogen (secondary N) is 1. The van der Waals surface area contributed by atoms with Crippen molar-refractivity contribution in [3.8, 4) is 6.07 Å². The van der Waals surface area contributed by atoms with Gasteiger partial charge < -0.3 is 24.6 Å². The second-order valence-electron chi connectivity index (χ2n) is 7.64. The van der Waals surface area contributed by atoms with Crippen LogP contribution < -0.4 is 10.2 Å². The molecule has 2 N–H and O–H groups in total. The zero-order valence-corrected chi connectivity index (χ0v) is 17.3. The fourth-order valence-corrected chi connectivity index (χ4v) is 3.78. The number of nitriles is 1. The molecule has 0 spiro atoms. The van der Waals surface area contributed by atoms with E-state index in [1.165, 1.54) is 0 Å². The largest absolute Gasteiger partial charge is 0.390 e. The standard InChI is InChI=1S/C22H23N5O4/c1-13-10-27(11-14(2)30-13)18-7-19-20(25-17(18)12-28)21(26-31-19)22(29)24-9-16-5-3-15(8-23)4-6-16/h3-7,13-14,28H,9-12H2,1-2H3,(H,24,29)/t13-,14+. The summed E-state index contributed by atoms with van der Waals surface area (Å²) in [4.78, 5) is 19.3. The Hall–Kier alpha value is -3.48. The van der Waals surface area contributed by atoms with Gasteiger partial charge in [-0.25, -0.2) is 4.98 Å². The molecule has 0 bridgehead atoms. The van der Waals surface area contributed by atoms with Crippen molar-refractivity contribution in [1.82, 2.24) is 15.5 Å². The van der Waals surface area contributed by atoms with Gasteiger partial charge in [-0.2, -0.15) is 5.26 Å². The Kier molecular flexibility index (Phi) is 5.84. The number of amides is 1. The average Bonchev–Trinajstić information content (AvgIpc) is 3.19. The summed E-state index contributed by atoms with van der Waals surface area (Å²) < 4.78 is 11.2. The van der Waals surface area contributed by atoms with Gasteiger partial charge in [0.05, 0.1) is 41.8 Å². The van der Waals surface area contributed by atoms with Crippen LogP contribution in [-0.2, 0) is 17.9 Å². The summed E-state index contributed by atoms with van der Waals surface area (Å²) in [6, 6.07) is 10.8. The molecule has 1 aliphatic heterocycles. The Morgan fingerprint density at radius 2 is 2.00 bits per heavy atom. The summed E-state index contributed by atoms with van der Waals surface area (Å²) in [5.74, 6) is -0.430. The third-order valence-electron chi connectivity index (χ3n) is 5.16. The van der Waals surface area contributed by atoms with E-state index in [9.17, 15) is 9.90 Å². The van der Waals surface area contributed by atoms with Gasteiger partial charge in [-0.3, -0.25) is 4.79 Å². The first-order chi connectivity index (χ1) is 15.0. The van der Waals surface area contributed by atoms with Crippen molar-refractivity contribution < 1.29 is 19.2 Å². The maximum absolute atomic E-state index is 12.7. The van der Waals surface area contributed by atoms with Gasteiger partial charge in [0.1, 0.15) is 5.52 Å². The predicted molar refractivity (Wildman–Crippen MR) is 112 cm³/mol. The highest BCUT2D eigenvalue weighted by Crippen LogP contribution is 2.29. The summed E-state index contributed by atoms with van der Waals surface area (Å²) in [6.45, 7) is 5.32. The summed E-state index contributed by atoms with van der Waals surface area (Å²) >= 11 is 0. The lowest BCUT2D eigenvalue weighted by molar-refractivity contribution is -0.00534. The molecule has 0 unspecified atom stereocenters. The smallest absolute Gasteiger partial charge is 0.276 e. The molecule has 0 aliphatic carbocycles. The number of aromatic nitrogens is 2. The Balaban J connectivity index is 1.56. The van der Waals surface area contributed by atoms with E-state index in [1.54, 1.807) is 30.3 Å². The van der Waals surface area contributed by atoms with Gasteiger partial charge in [-0.1, -0.05) is 17.3 Å². The van der Waals surface area contributed by atoms with Crippen LogP contribution in [0.3, 0.4) is 0 Å². The van der Waals surface area contributed by atoms with Crippen LogP contribution in [0.1, 0.15) is 41.2 Å². The van der Waals surface area contributed by atoms with Gasteiger partial charge >= 0.3 is 0 Å². The molecule has 1 fully saturated rings. The van der Waals surface area contributed by atoms with E-state index in [0.717, 1.165) is 11.3 Å². The minimum atomic E-state index is -0.430. The zero-order valence-electron chi connectivity index (χ0n) is 17.3. The van der Waals surface area contributed by atoms with E-state index in [-0.39, 0.29) is 31.1 Å². The molecule has 2 aromatic heterocycles. The van der Waals surface area contributed by atoms with Crippen molar-refractivity contribution in [2.75, 3.05) is 18.0 Å². The molecule has 0 saturated carbocycles. The van der Waals surface area contributed by atoms with Crippen LogP contribution in [0.4, 0.5) is 5.69 Å². The normalized spacial score (nSPS) is 18.7. The minimum Gasteiger partial charge on any atom is -0.390 e. The minimum absolute atomic E-state index is 0.0456. The van der Waals surface area contributed by atoms with Gasteiger partial charge in [-0.15, -0.1) is 0 Å². The van der Waals surface area contributed by atoms with Gasteiger partial charge in [0.25, 0.3) is 5.91 Å². The lowest BCUT2D eigenvalue weighted by Gasteiger charge is -2.37. The molecule has 1 aliphatic rings. The summed E-state index contributed by atoms with van der Waals surface area (Å²) in [5, 5.41) is 25.5. The molecule has 9 heteroatoms. The molecule has 2 atom stereocenters. The molecular weight excluding hydrogens is 398 g/mol. The second-order valence-corrected chi connectivity index (χ2v) is 7.64. The van der Waals surface area contributed by atoms with Gasteiger partial charge in [0, 0.05) is 25.7 Å². The van der Waals surface area contributed by atoms with Crippen LogP contribution in [0.15, 0.2) is 34.9 Å². The highest BCUT2D eigenvalue weighted by atomic mass is 16.5. The van der Waals surface area contributed by atoms with Crippen LogP contribution >= 0.6 is 0 Å². The van der Waals surface area contributed by atoms with Crippen molar-refractivity contribution in [3.63, 3.8) is 0 Å². The van der Waals surface area contributed by atoms with Crippen LogP contribution in [0, 0.1) is 11.3 Å². The molecule has 9 nitrogen and oxygen atoms in total. The number of aliphatic hydroxyl groups is 1. The quantitative estimate of drug-likeness (QED) is 0.642. The van der Waals surface area contributed by atoms with Crippen molar-refractivity contribution >= 4 is 22.7 Å². The summed E-state index contributed by atoms with van der Waals surface area (Å²) in [5.41, 5.74) is 3.35. The molecule has 31 heavy (non-hydrogen) atoms. The van der Waals surface area contributed by atoms with E-state index in [1.807, 2.05) is 13.8 Å². The number of morpholine rings is 1. The van der Waals surface area contributed by atoms with Crippen molar-refractivity contribution in [2.24, 2.45) is 0 Å². The van der Waals surface area contributed by atoms with E-state index < -0.39 is 5.91 Å². The highest BCUT2D eigenvalue weighted by molar-refractivity contribution is 6.03. The first-order valence-electron chi connectivity index (χ1n) is 10.1. The first-order valence-corrected chi connectivity index (χ1v) is 10.1. The molecule has 4 rings (SSSR count). The maximum atomic E-state index is 12.7. The molecule has 3 heterocycles. The number of hydrogen-bond donors (Lipinski definition) is 2. The lowest BCUT2D eigenvalue weighted by atomic mass is 10.1. The highest BCUT2D eigenvalue weighted by Gasteiger charge is 2.27. The number of rotatable bonds is 5. The van der Waals surface area contributed by atoms with E-state index >= 15 is 0 Å². The third-order valence-corrected chi connectivity index (χ3v) is 5.16. The number of anilines is 1. The van der Waals surface area contributed by atoms with E-state index in [2.05, 4.69) is 26.4 Å². The second kappa shape index (κ2) is 8.71. The van der Waals surface area contributed by atoms with Crippen molar-refractivity contribution in [2.45, 2.75) is 39.2 Å². The number of nitrogens with zero attached hydrogens (tertiary/aromatic N) is 4. The van der Waals surface area contributed by atoms with Crippen molar-refractivity contribution in [3.05, 3.63) is 52.8 Å². The molecule has 1 aromatic carbocycles. The number of benzene rings is 1. The SMILES string of the molecule is C[C@@H]1CN(c2cc3onc(C(=O)NCc4ccc(C#N)cc4)c3nc2CO)C[C@H](C)O1. The van der Waals surface area contributed by atoms with Crippen LogP contribution in [-0.4, -0.2) is 46.5 Å². The molecule has 1 amide bonds. The molecule has 0 radical (unpaired) electrons. The summed E-state index contributed by atoms with van der Waals surface area (Å²) in [7, 11) is 0. The Labute approximate surface area is 179 Å². The number of carbonyl (C=O) groups is 1.